The third-order valence-electron chi connectivity index (χ3n) is 2.26. The lowest BCUT2D eigenvalue weighted by molar-refractivity contribution is -0.149. The highest BCUT2D eigenvalue weighted by atomic mass is 32.2. The first-order valence-electron chi connectivity index (χ1n) is 4.73. The molecule has 0 aromatic carbocycles. The van der Waals surface area contributed by atoms with E-state index in [9.17, 15) is 9.00 Å². The Morgan fingerprint density at radius 3 is 3.00 bits per heavy atom. The minimum Gasteiger partial charge on any atom is -0.466 e. The fourth-order valence-corrected chi connectivity index (χ4v) is 2.19. The molecule has 2 atom stereocenters. The van der Waals surface area contributed by atoms with Crippen LogP contribution in [0.15, 0.2) is 0 Å². The van der Waals surface area contributed by atoms with Gasteiger partial charge in [0.1, 0.15) is 0 Å². The van der Waals surface area contributed by atoms with Gasteiger partial charge in [-0.15, -0.1) is 0 Å². The van der Waals surface area contributed by atoms with E-state index in [4.69, 9.17) is 9.88 Å². The highest BCUT2D eigenvalue weighted by molar-refractivity contribution is 7.80. The molecular weight excluding hydrogens is 204 g/mol. The normalized spacial score (nSPS) is 25.7. The van der Waals surface area contributed by atoms with E-state index in [0.717, 1.165) is 12.8 Å². The van der Waals surface area contributed by atoms with Crippen molar-refractivity contribution in [2.45, 2.75) is 19.8 Å². The SMILES string of the molecule is CCOC(=O)C1CCCN(S(N)=O)C1. The van der Waals surface area contributed by atoms with E-state index in [2.05, 4.69) is 0 Å². The van der Waals surface area contributed by atoms with Crippen molar-refractivity contribution >= 4 is 17.1 Å². The summed E-state index contributed by atoms with van der Waals surface area (Å²) in [5, 5.41) is 5.25. The molecule has 0 radical (unpaired) electrons. The molecule has 6 heteroatoms. The molecule has 14 heavy (non-hydrogen) atoms. The van der Waals surface area contributed by atoms with Crippen LogP contribution in [-0.4, -0.2) is 34.2 Å². The van der Waals surface area contributed by atoms with Crippen molar-refractivity contribution in [3.05, 3.63) is 0 Å². The number of esters is 1. The Labute approximate surface area is 86.3 Å². The Morgan fingerprint density at radius 1 is 1.71 bits per heavy atom. The smallest absolute Gasteiger partial charge is 0.310 e. The van der Waals surface area contributed by atoms with Gasteiger partial charge in [-0.25, -0.2) is 13.7 Å². The molecule has 0 aliphatic carbocycles. The predicted octanol–water partition coefficient (Wildman–Crippen LogP) is -0.201. The van der Waals surface area contributed by atoms with E-state index in [1.54, 1.807) is 11.2 Å². The molecule has 1 saturated heterocycles. The zero-order chi connectivity index (χ0) is 10.6. The number of nitrogens with zero attached hydrogens (tertiary/aromatic N) is 1. The molecule has 1 heterocycles. The predicted molar refractivity (Wildman–Crippen MR) is 53.3 cm³/mol. The van der Waals surface area contributed by atoms with Gasteiger partial charge in [-0.3, -0.25) is 4.79 Å². The second-order valence-electron chi connectivity index (χ2n) is 3.26. The Bertz CT molecular complexity index is 235. The van der Waals surface area contributed by atoms with E-state index < -0.39 is 11.2 Å². The average molecular weight is 220 g/mol. The second-order valence-corrected chi connectivity index (χ2v) is 4.32. The molecular formula is C8H16N2O3S. The summed E-state index contributed by atoms with van der Waals surface area (Å²) in [5.41, 5.74) is 0. The molecule has 82 valence electrons. The standard InChI is InChI=1S/C8H16N2O3S/c1-2-13-8(11)7-4-3-5-10(6-7)14(9)12/h7H,2-6,9H2,1H3. The molecule has 1 fully saturated rings. The first-order chi connectivity index (χ1) is 6.65. The van der Waals surface area contributed by atoms with E-state index in [-0.39, 0.29) is 11.9 Å². The Hall–Kier alpha value is -0.460. The monoisotopic (exact) mass is 220 g/mol. The molecule has 1 rings (SSSR count). The molecule has 5 nitrogen and oxygen atoms in total. The van der Waals surface area contributed by atoms with E-state index in [1.807, 2.05) is 0 Å². The summed E-state index contributed by atoms with van der Waals surface area (Å²) in [5.74, 6) is -0.376. The van der Waals surface area contributed by atoms with Crippen molar-refractivity contribution in [1.82, 2.24) is 4.31 Å². The maximum atomic E-state index is 11.4. The summed E-state index contributed by atoms with van der Waals surface area (Å²) in [6.07, 6.45) is 1.64. The highest BCUT2D eigenvalue weighted by Crippen LogP contribution is 2.17. The number of hydrogen-bond acceptors (Lipinski definition) is 3. The largest absolute Gasteiger partial charge is 0.466 e. The van der Waals surface area contributed by atoms with Gasteiger partial charge in [0.05, 0.1) is 12.5 Å². The molecule has 1 aliphatic heterocycles. The van der Waals surface area contributed by atoms with Crippen LogP contribution in [0.25, 0.3) is 0 Å². The molecule has 2 N–H and O–H groups in total. The van der Waals surface area contributed by atoms with Crippen molar-refractivity contribution in [2.24, 2.45) is 11.1 Å². The van der Waals surface area contributed by atoms with Crippen LogP contribution in [0.5, 0.6) is 0 Å². The van der Waals surface area contributed by atoms with Crippen LogP contribution in [0.3, 0.4) is 0 Å². The minimum atomic E-state index is -1.47. The van der Waals surface area contributed by atoms with Crippen LogP contribution < -0.4 is 5.14 Å². The van der Waals surface area contributed by atoms with E-state index >= 15 is 0 Å². The number of carbonyl (C=O) groups is 1. The maximum Gasteiger partial charge on any atom is 0.310 e. The van der Waals surface area contributed by atoms with Crippen molar-refractivity contribution in [1.29, 1.82) is 0 Å². The van der Waals surface area contributed by atoms with Crippen molar-refractivity contribution in [3.63, 3.8) is 0 Å². The van der Waals surface area contributed by atoms with Gasteiger partial charge >= 0.3 is 5.97 Å². The molecule has 0 aromatic rings. The molecule has 0 spiro atoms. The number of piperidine rings is 1. The van der Waals surface area contributed by atoms with Gasteiger partial charge in [0.2, 0.25) is 0 Å². The summed E-state index contributed by atoms with van der Waals surface area (Å²) >= 11 is -1.47. The summed E-state index contributed by atoms with van der Waals surface area (Å²) in [6.45, 7) is 3.31. The maximum absolute atomic E-state index is 11.4. The quantitative estimate of drug-likeness (QED) is 0.669. The fraction of sp³-hybridized carbons (Fsp3) is 0.875. The molecule has 0 aromatic heterocycles. The van der Waals surface area contributed by atoms with Crippen LogP contribution in [-0.2, 0) is 20.7 Å². The molecule has 0 amide bonds. The number of ether oxygens (including phenoxy) is 1. The summed E-state index contributed by atoms with van der Waals surface area (Å²) < 4.78 is 17.5. The molecule has 2 unspecified atom stereocenters. The lowest BCUT2D eigenvalue weighted by atomic mass is 10.0. The lowest BCUT2D eigenvalue weighted by Gasteiger charge is -2.28. The zero-order valence-corrected chi connectivity index (χ0v) is 9.09. The van der Waals surface area contributed by atoms with Crippen molar-refractivity contribution in [3.8, 4) is 0 Å². The average Bonchev–Trinajstić information content (AvgIpc) is 2.18. The van der Waals surface area contributed by atoms with Gasteiger partial charge in [0.15, 0.2) is 11.2 Å². The number of hydrogen-bond donors (Lipinski definition) is 1. The number of rotatable bonds is 3. The third-order valence-corrected chi connectivity index (χ3v) is 3.10. The summed E-state index contributed by atoms with van der Waals surface area (Å²) in [4.78, 5) is 11.4. The Morgan fingerprint density at radius 2 is 2.43 bits per heavy atom. The van der Waals surface area contributed by atoms with Crippen LogP contribution in [0, 0.1) is 5.92 Å². The topological polar surface area (TPSA) is 72.6 Å². The molecule has 1 aliphatic rings. The highest BCUT2D eigenvalue weighted by Gasteiger charge is 2.28. The lowest BCUT2D eigenvalue weighted by Crippen LogP contribution is -2.42. The Kier molecular flexibility index (Phi) is 4.50. The van der Waals surface area contributed by atoms with E-state index in [1.165, 1.54) is 0 Å². The van der Waals surface area contributed by atoms with Gasteiger partial charge in [-0.05, 0) is 19.8 Å². The van der Waals surface area contributed by atoms with Gasteiger partial charge in [-0.1, -0.05) is 0 Å². The van der Waals surface area contributed by atoms with Gasteiger partial charge in [-0.2, -0.15) is 0 Å². The fourth-order valence-electron chi connectivity index (χ4n) is 1.56. The number of carbonyl (C=O) groups excluding carboxylic acids is 1. The summed E-state index contributed by atoms with van der Waals surface area (Å²) in [6, 6.07) is 0. The van der Waals surface area contributed by atoms with Crippen molar-refractivity contribution < 1.29 is 13.7 Å². The Balaban J connectivity index is 2.47. The second kappa shape index (κ2) is 5.43. The summed E-state index contributed by atoms with van der Waals surface area (Å²) in [7, 11) is 0. The molecule has 0 bridgehead atoms. The van der Waals surface area contributed by atoms with E-state index in [0.29, 0.717) is 19.7 Å². The minimum absolute atomic E-state index is 0.170. The van der Waals surface area contributed by atoms with Gasteiger partial charge < -0.3 is 4.74 Å². The molecule has 0 saturated carbocycles. The number of nitrogens with two attached hydrogens (primary N) is 1. The van der Waals surface area contributed by atoms with Crippen LogP contribution in [0.4, 0.5) is 0 Å². The van der Waals surface area contributed by atoms with Crippen LogP contribution >= 0.6 is 0 Å². The first-order valence-corrected chi connectivity index (χ1v) is 5.90. The van der Waals surface area contributed by atoms with Gasteiger partial charge in [0.25, 0.3) is 0 Å². The van der Waals surface area contributed by atoms with Crippen LogP contribution in [0.2, 0.25) is 0 Å². The third kappa shape index (κ3) is 3.04. The first kappa shape index (κ1) is 11.6. The van der Waals surface area contributed by atoms with Gasteiger partial charge in [0, 0.05) is 13.1 Å². The van der Waals surface area contributed by atoms with Crippen molar-refractivity contribution in [2.75, 3.05) is 19.7 Å². The zero-order valence-electron chi connectivity index (χ0n) is 8.27. The van der Waals surface area contributed by atoms with Crippen LogP contribution in [0.1, 0.15) is 19.8 Å².